The number of ether oxygens (including phenoxy) is 1. The zero-order valence-corrected chi connectivity index (χ0v) is 18.2. The Morgan fingerprint density at radius 3 is 2.68 bits per heavy atom. The van der Waals surface area contributed by atoms with E-state index in [0.717, 1.165) is 12.8 Å². The van der Waals surface area contributed by atoms with Gasteiger partial charge in [0.15, 0.2) is 0 Å². The van der Waals surface area contributed by atoms with Gasteiger partial charge in [-0.2, -0.15) is 0 Å². The molecule has 3 fully saturated rings. The summed E-state index contributed by atoms with van der Waals surface area (Å²) < 4.78 is 6.30. The van der Waals surface area contributed by atoms with E-state index < -0.39 is 35.6 Å². The van der Waals surface area contributed by atoms with Gasteiger partial charge >= 0.3 is 0 Å². The first-order valence-electron chi connectivity index (χ1n) is 10.1. The van der Waals surface area contributed by atoms with E-state index in [1.165, 1.54) is 4.90 Å². The fourth-order valence-electron chi connectivity index (χ4n) is 5.13. The van der Waals surface area contributed by atoms with Crippen LogP contribution in [-0.2, 0) is 19.1 Å². The Labute approximate surface area is 173 Å². The van der Waals surface area contributed by atoms with Crippen molar-refractivity contribution in [2.75, 3.05) is 20.2 Å². The minimum atomic E-state index is -1.05. The van der Waals surface area contributed by atoms with Crippen molar-refractivity contribution in [2.24, 2.45) is 11.8 Å². The molecule has 3 unspecified atom stereocenters. The van der Waals surface area contributed by atoms with Crippen LogP contribution in [0, 0.1) is 11.8 Å². The van der Waals surface area contributed by atoms with Crippen LogP contribution >= 0.6 is 15.9 Å². The third-order valence-corrected chi connectivity index (χ3v) is 7.27. The number of nitrogens with one attached hydrogen (secondary N) is 2. The SMILES string of the molecule is CCCCNC(=O)C1N([C@@H](CC)CO)C(=O)[C@@H]2[C@@H](C(=O)NC)[C@@H]3OC12CC3Br. The standard InChI is InChI=1S/C19H30BrN3O5/c1-4-6-7-22-17(26)15-19-8-11(20)14(28-19)12(16(25)21-3)13(19)18(27)23(15)10(5-2)9-24/h10-15,24H,4-9H2,1-3H3,(H,21,25)(H,22,26)/t10-,11?,12+,13-,14+,15?,19?/m0/s1. The molecule has 2 bridgehead atoms. The molecule has 3 heterocycles. The van der Waals surface area contributed by atoms with E-state index in [2.05, 4.69) is 26.6 Å². The molecule has 3 N–H and O–H groups in total. The number of hydrogen-bond donors (Lipinski definition) is 3. The molecule has 8 nitrogen and oxygen atoms in total. The van der Waals surface area contributed by atoms with Gasteiger partial charge in [-0.25, -0.2) is 0 Å². The molecule has 0 aromatic rings. The smallest absolute Gasteiger partial charge is 0.245 e. The van der Waals surface area contributed by atoms with E-state index in [4.69, 9.17) is 4.74 Å². The maximum absolute atomic E-state index is 13.5. The van der Waals surface area contributed by atoms with Gasteiger partial charge in [0.2, 0.25) is 17.7 Å². The molecule has 1 spiro atoms. The maximum atomic E-state index is 13.5. The number of aliphatic hydroxyl groups excluding tert-OH is 1. The quantitative estimate of drug-likeness (QED) is 0.354. The highest BCUT2D eigenvalue weighted by Gasteiger charge is 2.76. The number of halogens is 1. The Morgan fingerprint density at radius 1 is 1.39 bits per heavy atom. The second-order valence-electron chi connectivity index (χ2n) is 7.91. The Morgan fingerprint density at radius 2 is 2.11 bits per heavy atom. The lowest BCUT2D eigenvalue weighted by molar-refractivity contribution is -0.145. The lowest BCUT2D eigenvalue weighted by Crippen LogP contribution is -2.58. The van der Waals surface area contributed by atoms with Crippen LogP contribution in [0.25, 0.3) is 0 Å². The number of likely N-dealkylation sites (tertiary alicyclic amines) is 1. The first kappa shape index (κ1) is 21.5. The summed E-state index contributed by atoms with van der Waals surface area (Å²) in [5, 5.41) is 15.4. The number of amides is 3. The molecule has 0 radical (unpaired) electrons. The van der Waals surface area contributed by atoms with Gasteiger partial charge in [-0.15, -0.1) is 0 Å². The molecular weight excluding hydrogens is 430 g/mol. The van der Waals surface area contributed by atoms with E-state index in [-0.39, 0.29) is 29.2 Å². The first-order chi connectivity index (χ1) is 13.4. The van der Waals surface area contributed by atoms with Crippen molar-refractivity contribution in [3.8, 4) is 0 Å². The Balaban J connectivity index is 2.02. The minimum absolute atomic E-state index is 0.112. The van der Waals surface area contributed by atoms with Crippen LogP contribution in [0.3, 0.4) is 0 Å². The Bertz CT molecular complexity index is 643. The number of alkyl halides is 1. The van der Waals surface area contributed by atoms with Gasteiger partial charge in [-0.1, -0.05) is 36.2 Å². The van der Waals surface area contributed by atoms with Gasteiger partial charge in [-0.3, -0.25) is 14.4 Å². The maximum Gasteiger partial charge on any atom is 0.245 e. The fraction of sp³-hybridized carbons (Fsp3) is 0.842. The number of fused-ring (bicyclic) bond motifs is 1. The van der Waals surface area contributed by atoms with Crippen molar-refractivity contribution in [1.82, 2.24) is 15.5 Å². The largest absolute Gasteiger partial charge is 0.394 e. The van der Waals surface area contributed by atoms with E-state index in [0.29, 0.717) is 19.4 Å². The number of unbranched alkanes of at least 4 members (excludes halogenated alkanes) is 1. The van der Waals surface area contributed by atoms with Crippen LogP contribution in [-0.4, -0.2) is 76.5 Å². The van der Waals surface area contributed by atoms with Gasteiger partial charge in [0, 0.05) is 18.4 Å². The lowest BCUT2D eigenvalue weighted by Gasteiger charge is -2.36. The molecule has 0 aromatic carbocycles. The van der Waals surface area contributed by atoms with Crippen molar-refractivity contribution in [3.05, 3.63) is 0 Å². The van der Waals surface area contributed by atoms with Crippen molar-refractivity contribution in [1.29, 1.82) is 0 Å². The number of aliphatic hydroxyl groups is 1. The van der Waals surface area contributed by atoms with Crippen molar-refractivity contribution in [3.63, 3.8) is 0 Å². The van der Waals surface area contributed by atoms with Crippen molar-refractivity contribution >= 4 is 33.7 Å². The second-order valence-corrected chi connectivity index (χ2v) is 9.09. The van der Waals surface area contributed by atoms with Crippen LogP contribution in [0.1, 0.15) is 39.5 Å². The van der Waals surface area contributed by atoms with Gasteiger partial charge in [0.25, 0.3) is 0 Å². The highest BCUT2D eigenvalue weighted by atomic mass is 79.9. The number of nitrogens with zero attached hydrogens (tertiary/aromatic N) is 1. The molecule has 7 atom stereocenters. The molecule has 0 saturated carbocycles. The molecule has 0 aromatic heterocycles. The van der Waals surface area contributed by atoms with Crippen LogP contribution in [0.5, 0.6) is 0 Å². The zero-order valence-electron chi connectivity index (χ0n) is 16.6. The number of carbonyl (C=O) groups is 3. The number of hydrogen-bond acceptors (Lipinski definition) is 5. The van der Waals surface area contributed by atoms with Gasteiger partial charge in [0.05, 0.1) is 30.6 Å². The van der Waals surface area contributed by atoms with Gasteiger partial charge in [-0.05, 0) is 19.3 Å². The summed E-state index contributed by atoms with van der Waals surface area (Å²) in [6.07, 6.45) is 2.32. The van der Waals surface area contributed by atoms with Gasteiger partial charge < -0.3 is 25.4 Å². The average Bonchev–Trinajstić information content (AvgIpc) is 3.26. The summed E-state index contributed by atoms with van der Waals surface area (Å²) in [6.45, 7) is 4.18. The van der Waals surface area contributed by atoms with Crippen molar-refractivity contribution in [2.45, 2.75) is 68.1 Å². The van der Waals surface area contributed by atoms with Crippen LogP contribution < -0.4 is 10.6 Å². The molecule has 3 aliphatic heterocycles. The molecule has 3 amide bonds. The predicted molar refractivity (Wildman–Crippen MR) is 106 cm³/mol. The highest BCUT2D eigenvalue weighted by molar-refractivity contribution is 9.09. The van der Waals surface area contributed by atoms with E-state index in [9.17, 15) is 19.5 Å². The molecule has 3 rings (SSSR count). The summed E-state index contributed by atoms with van der Waals surface area (Å²) in [7, 11) is 1.54. The predicted octanol–water partition coefficient (Wildman–Crippen LogP) is 0.168. The van der Waals surface area contributed by atoms with Crippen LogP contribution in [0.4, 0.5) is 0 Å². The molecule has 0 aliphatic carbocycles. The summed E-state index contributed by atoms with van der Waals surface area (Å²) in [4.78, 5) is 40.7. The molecule has 158 valence electrons. The third kappa shape index (κ3) is 3.06. The fourth-order valence-corrected chi connectivity index (χ4v) is 6.07. The second kappa shape index (κ2) is 8.28. The number of rotatable bonds is 8. The van der Waals surface area contributed by atoms with E-state index in [1.54, 1.807) is 7.05 Å². The lowest BCUT2D eigenvalue weighted by atomic mass is 9.70. The Kier molecular flexibility index (Phi) is 6.36. The highest BCUT2D eigenvalue weighted by Crippen LogP contribution is 2.60. The molecule has 3 saturated heterocycles. The monoisotopic (exact) mass is 459 g/mol. The Hall–Kier alpha value is -1.19. The van der Waals surface area contributed by atoms with E-state index in [1.807, 2.05) is 13.8 Å². The summed E-state index contributed by atoms with van der Waals surface area (Å²) >= 11 is 3.60. The first-order valence-corrected chi connectivity index (χ1v) is 11.0. The molecule has 3 aliphatic rings. The minimum Gasteiger partial charge on any atom is -0.394 e. The summed E-state index contributed by atoms with van der Waals surface area (Å²) in [5.74, 6) is -2.16. The van der Waals surface area contributed by atoms with Crippen LogP contribution in [0.15, 0.2) is 0 Å². The third-order valence-electron chi connectivity index (χ3n) is 6.43. The van der Waals surface area contributed by atoms with Gasteiger partial charge in [0.1, 0.15) is 11.6 Å². The summed E-state index contributed by atoms with van der Waals surface area (Å²) in [6, 6.07) is -1.34. The van der Waals surface area contributed by atoms with E-state index >= 15 is 0 Å². The number of carbonyl (C=O) groups excluding carboxylic acids is 3. The molecule has 28 heavy (non-hydrogen) atoms. The normalized spacial score (nSPS) is 37.1. The molecular formula is C19H30BrN3O5. The average molecular weight is 460 g/mol. The van der Waals surface area contributed by atoms with Crippen LogP contribution in [0.2, 0.25) is 0 Å². The summed E-state index contributed by atoms with van der Waals surface area (Å²) in [5.41, 5.74) is -1.05. The molecule has 9 heteroatoms. The topological polar surface area (TPSA) is 108 Å². The zero-order chi connectivity index (χ0) is 20.6. The van der Waals surface area contributed by atoms with Crippen molar-refractivity contribution < 1.29 is 24.2 Å².